The minimum atomic E-state index is 0.0158. The lowest BCUT2D eigenvalue weighted by Gasteiger charge is -2.25. The highest BCUT2D eigenvalue weighted by Gasteiger charge is 2.15. The molecule has 140 valence electrons. The molecule has 0 unspecified atom stereocenters. The summed E-state index contributed by atoms with van der Waals surface area (Å²) in [5.74, 6) is 0.726. The Labute approximate surface area is 158 Å². The number of aromatic amines is 1. The van der Waals surface area contributed by atoms with Crippen molar-refractivity contribution < 1.29 is 9.53 Å². The van der Waals surface area contributed by atoms with Gasteiger partial charge in [-0.05, 0) is 50.2 Å². The minimum Gasteiger partial charge on any atom is -0.496 e. The normalized spacial score (nSPS) is 15.0. The second-order valence-corrected chi connectivity index (χ2v) is 6.94. The molecule has 0 saturated carbocycles. The predicted molar refractivity (Wildman–Crippen MR) is 107 cm³/mol. The third kappa shape index (κ3) is 3.95. The number of methoxy groups -OCH3 is 1. The number of ether oxygens (including phenoxy) is 1. The van der Waals surface area contributed by atoms with Gasteiger partial charge >= 0.3 is 0 Å². The minimum absolute atomic E-state index is 0.0158. The average Bonchev–Trinajstić information content (AvgIpc) is 3.16. The lowest BCUT2D eigenvalue weighted by Crippen LogP contribution is -2.36. The number of rotatable bonds is 5. The number of hydrogen-bond acceptors (Lipinski definition) is 4. The van der Waals surface area contributed by atoms with Gasteiger partial charge in [0.05, 0.1) is 13.7 Å². The summed E-state index contributed by atoms with van der Waals surface area (Å²) in [7, 11) is 1.64. The summed E-state index contributed by atoms with van der Waals surface area (Å²) < 4.78 is 5.57. The molecule has 0 atom stereocenters. The number of amides is 1. The molecule has 2 aromatic heterocycles. The summed E-state index contributed by atoms with van der Waals surface area (Å²) in [6.45, 7) is 2.45. The Morgan fingerprint density at radius 2 is 2.07 bits per heavy atom. The van der Waals surface area contributed by atoms with E-state index < -0.39 is 0 Å². The van der Waals surface area contributed by atoms with Crippen LogP contribution in [0.5, 0.6) is 5.75 Å². The lowest BCUT2D eigenvalue weighted by atomic mass is 10.0. The van der Waals surface area contributed by atoms with Crippen LogP contribution >= 0.6 is 0 Å². The monoisotopic (exact) mass is 364 g/mol. The molecule has 3 heterocycles. The van der Waals surface area contributed by atoms with Gasteiger partial charge in [-0.15, -0.1) is 0 Å². The Balaban J connectivity index is 1.51. The van der Waals surface area contributed by atoms with Crippen LogP contribution < -0.4 is 10.1 Å². The second-order valence-electron chi connectivity index (χ2n) is 6.94. The van der Waals surface area contributed by atoms with Crippen molar-refractivity contribution in [2.45, 2.75) is 19.3 Å². The molecule has 0 spiro atoms. The zero-order chi connectivity index (χ0) is 18.6. The van der Waals surface area contributed by atoms with E-state index >= 15 is 0 Å². The largest absolute Gasteiger partial charge is 0.496 e. The topological polar surface area (TPSA) is 70.2 Å². The van der Waals surface area contributed by atoms with Gasteiger partial charge in [0.25, 0.3) is 0 Å². The number of nitrogens with one attached hydrogen (secondary N) is 2. The van der Waals surface area contributed by atoms with E-state index in [9.17, 15) is 4.79 Å². The van der Waals surface area contributed by atoms with E-state index in [4.69, 9.17) is 4.74 Å². The van der Waals surface area contributed by atoms with Crippen LogP contribution in [-0.4, -0.2) is 47.5 Å². The van der Waals surface area contributed by atoms with Gasteiger partial charge in [0, 0.05) is 40.7 Å². The number of anilines is 1. The number of hydrogen-bond donors (Lipinski definition) is 2. The smallest absolute Gasteiger partial charge is 0.238 e. The van der Waals surface area contributed by atoms with Crippen molar-refractivity contribution in [1.82, 2.24) is 14.9 Å². The molecule has 6 heteroatoms. The fourth-order valence-corrected chi connectivity index (χ4v) is 3.62. The SMILES string of the molecule is COc1cc(NC(=O)CN2CCCCC2)ccc1-c1cnc2[nH]ccc2c1. The second kappa shape index (κ2) is 7.80. The number of aromatic nitrogens is 2. The van der Waals surface area contributed by atoms with Crippen LogP contribution in [0.4, 0.5) is 5.69 Å². The van der Waals surface area contributed by atoms with E-state index in [0.717, 1.165) is 40.9 Å². The van der Waals surface area contributed by atoms with E-state index in [1.54, 1.807) is 7.11 Å². The lowest BCUT2D eigenvalue weighted by molar-refractivity contribution is -0.117. The van der Waals surface area contributed by atoms with Crippen LogP contribution in [0.3, 0.4) is 0 Å². The Hall–Kier alpha value is -2.86. The fraction of sp³-hybridized carbons (Fsp3) is 0.333. The van der Waals surface area contributed by atoms with Gasteiger partial charge in [-0.1, -0.05) is 6.42 Å². The number of fused-ring (bicyclic) bond motifs is 1. The van der Waals surface area contributed by atoms with Gasteiger partial charge in [0.1, 0.15) is 11.4 Å². The molecule has 1 aliphatic rings. The number of piperidine rings is 1. The molecule has 27 heavy (non-hydrogen) atoms. The zero-order valence-electron chi connectivity index (χ0n) is 15.5. The van der Waals surface area contributed by atoms with Gasteiger partial charge in [0.2, 0.25) is 5.91 Å². The first-order chi connectivity index (χ1) is 13.2. The highest BCUT2D eigenvalue weighted by atomic mass is 16.5. The highest BCUT2D eigenvalue weighted by molar-refractivity contribution is 5.93. The standard InChI is InChI=1S/C21H24N4O2/c1-27-19-12-17(24-20(26)14-25-9-3-2-4-10-25)5-6-18(19)16-11-15-7-8-22-21(15)23-13-16/h5-8,11-13H,2-4,9-10,14H2,1H3,(H,22,23)(H,24,26). The van der Waals surface area contributed by atoms with E-state index in [-0.39, 0.29) is 5.91 Å². The molecular formula is C21H24N4O2. The van der Waals surface area contributed by atoms with Crippen molar-refractivity contribution >= 4 is 22.6 Å². The molecule has 0 radical (unpaired) electrons. The van der Waals surface area contributed by atoms with Crippen LogP contribution in [0, 0.1) is 0 Å². The van der Waals surface area contributed by atoms with Crippen molar-refractivity contribution in [2.75, 3.05) is 32.1 Å². The maximum atomic E-state index is 12.3. The first kappa shape index (κ1) is 17.5. The van der Waals surface area contributed by atoms with Crippen molar-refractivity contribution in [1.29, 1.82) is 0 Å². The Bertz CT molecular complexity index is 944. The number of nitrogens with zero attached hydrogens (tertiary/aromatic N) is 2. The number of carbonyl (C=O) groups excluding carboxylic acids is 1. The molecule has 6 nitrogen and oxygen atoms in total. The Kier molecular flexibility index (Phi) is 5.07. The Morgan fingerprint density at radius 1 is 1.22 bits per heavy atom. The van der Waals surface area contributed by atoms with E-state index in [1.165, 1.54) is 19.3 Å². The van der Waals surface area contributed by atoms with Crippen LogP contribution in [0.2, 0.25) is 0 Å². The van der Waals surface area contributed by atoms with Crippen LogP contribution in [0.1, 0.15) is 19.3 Å². The molecule has 0 aliphatic carbocycles. The van der Waals surface area contributed by atoms with Gasteiger partial charge in [-0.3, -0.25) is 9.69 Å². The zero-order valence-corrected chi connectivity index (χ0v) is 15.5. The quantitative estimate of drug-likeness (QED) is 0.725. The third-order valence-corrected chi connectivity index (χ3v) is 5.01. The maximum Gasteiger partial charge on any atom is 0.238 e. The van der Waals surface area contributed by atoms with Gasteiger partial charge in [0.15, 0.2) is 0 Å². The van der Waals surface area contributed by atoms with Crippen LogP contribution in [0.25, 0.3) is 22.2 Å². The maximum absolute atomic E-state index is 12.3. The van der Waals surface area contributed by atoms with Gasteiger partial charge in [-0.25, -0.2) is 4.98 Å². The summed E-state index contributed by atoms with van der Waals surface area (Å²) >= 11 is 0. The average molecular weight is 364 g/mol. The molecule has 1 amide bonds. The van der Waals surface area contributed by atoms with Crippen molar-refractivity contribution in [3.8, 4) is 16.9 Å². The van der Waals surface area contributed by atoms with Crippen molar-refractivity contribution in [3.05, 3.63) is 42.7 Å². The summed E-state index contributed by atoms with van der Waals surface area (Å²) in [6, 6.07) is 9.81. The summed E-state index contributed by atoms with van der Waals surface area (Å²) in [6.07, 6.45) is 7.32. The number of carbonyl (C=O) groups is 1. The Morgan fingerprint density at radius 3 is 2.89 bits per heavy atom. The highest BCUT2D eigenvalue weighted by Crippen LogP contribution is 2.33. The number of benzene rings is 1. The van der Waals surface area contributed by atoms with Gasteiger partial charge in [-0.2, -0.15) is 0 Å². The molecular weight excluding hydrogens is 340 g/mol. The number of likely N-dealkylation sites (tertiary alicyclic amines) is 1. The molecule has 1 aromatic carbocycles. The number of pyridine rings is 1. The van der Waals surface area contributed by atoms with Crippen LogP contribution in [0.15, 0.2) is 42.7 Å². The molecule has 4 rings (SSSR count). The van der Waals surface area contributed by atoms with E-state index in [0.29, 0.717) is 12.3 Å². The number of H-pyrrole nitrogens is 1. The summed E-state index contributed by atoms with van der Waals surface area (Å²) in [5.41, 5.74) is 3.53. The molecule has 1 saturated heterocycles. The van der Waals surface area contributed by atoms with E-state index in [2.05, 4.69) is 26.3 Å². The molecule has 2 N–H and O–H groups in total. The summed E-state index contributed by atoms with van der Waals surface area (Å²) in [4.78, 5) is 22.1. The predicted octanol–water partition coefficient (Wildman–Crippen LogP) is 3.66. The van der Waals surface area contributed by atoms with E-state index in [1.807, 2.05) is 36.7 Å². The summed E-state index contributed by atoms with van der Waals surface area (Å²) in [5, 5.41) is 4.04. The third-order valence-electron chi connectivity index (χ3n) is 5.01. The first-order valence-electron chi connectivity index (χ1n) is 9.37. The van der Waals surface area contributed by atoms with Crippen molar-refractivity contribution in [3.63, 3.8) is 0 Å². The molecule has 1 fully saturated rings. The fourth-order valence-electron chi connectivity index (χ4n) is 3.62. The molecule has 3 aromatic rings. The van der Waals surface area contributed by atoms with Gasteiger partial charge < -0.3 is 15.0 Å². The first-order valence-corrected chi connectivity index (χ1v) is 9.37. The molecule has 1 aliphatic heterocycles. The van der Waals surface area contributed by atoms with Crippen LogP contribution in [-0.2, 0) is 4.79 Å². The van der Waals surface area contributed by atoms with Crippen molar-refractivity contribution in [2.24, 2.45) is 0 Å². The molecule has 0 bridgehead atoms.